The third-order valence-corrected chi connectivity index (χ3v) is 3.01. The molecule has 0 aliphatic heterocycles. The van der Waals surface area contributed by atoms with Crippen LogP contribution in [0, 0.1) is 0 Å². The number of nitrogens with zero attached hydrogens (tertiary/aromatic N) is 3. The van der Waals surface area contributed by atoms with Crippen molar-refractivity contribution in [2.45, 2.75) is 0 Å². The molecule has 1 aromatic heterocycles. The predicted molar refractivity (Wildman–Crippen MR) is 82.1 cm³/mol. The fourth-order valence-electron chi connectivity index (χ4n) is 2.00. The summed E-state index contributed by atoms with van der Waals surface area (Å²) in [6.07, 6.45) is 1.48. The second-order valence-corrected chi connectivity index (χ2v) is 4.67. The number of fused-ring (bicyclic) bond motifs is 1. The molecule has 1 aromatic carbocycles. The van der Waals surface area contributed by atoms with Crippen molar-refractivity contribution in [3.8, 4) is 0 Å². The van der Waals surface area contributed by atoms with Crippen LogP contribution in [0.25, 0.3) is 10.9 Å². The molecule has 0 bridgehead atoms. The molecule has 0 radical (unpaired) electrons. The molecule has 0 aliphatic carbocycles. The van der Waals surface area contributed by atoms with Crippen molar-refractivity contribution in [2.75, 3.05) is 44.5 Å². The molecule has 0 atom stereocenters. The molecule has 0 unspecified atom stereocenters. The topological polar surface area (TPSA) is 93.4 Å². The first-order valence-electron chi connectivity index (χ1n) is 6.59. The molecule has 0 fully saturated rings. The standard InChI is InChI=1S/C14H19N5O2/c1-19(8-13(20)16-5-6-21-2)14-11-7-10(15)3-4-12(11)17-9-18-14/h3-4,7,9H,5-6,8,15H2,1-2H3,(H,16,20). The van der Waals surface area contributed by atoms with Crippen LogP contribution >= 0.6 is 0 Å². The number of benzene rings is 1. The molecule has 1 amide bonds. The van der Waals surface area contributed by atoms with Gasteiger partial charge in [-0.3, -0.25) is 4.79 Å². The van der Waals surface area contributed by atoms with Gasteiger partial charge in [-0.15, -0.1) is 0 Å². The van der Waals surface area contributed by atoms with Crippen LogP contribution in [0.3, 0.4) is 0 Å². The first-order valence-corrected chi connectivity index (χ1v) is 6.59. The van der Waals surface area contributed by atoms with E-state index in [0.717, 1.165) is 10.9 Å². The second-order valence-electron chi connectivity index (χ2n) is 4.67. The molecule has 7 nitrogen and oxygen atoms in total. The molecule has 0 saturated heterocycles. The minimum absolute atomic E-state index is 0.0924. The van der Waals surface area contributed by atoms with Gasteiger partial charge in [0.2, 0.25) is 5.91 Å². The Morgan fingerprint density at radius 1 is 1.43 bits per heavy atom. The highest BCUT2D eigenvalue weighted by atomic mass is 16.5. The average Bonchev–Trinajstić information content (AvgIpc) is 2.46. The zero-order valence-electron chi connectivity index (χ0n) is 12.2. The van der Waals surface area contributed by atoms with E-state index < -0.39 is 0 Å². The van der Waals surface area contributed by atoms with Crippen LogP contribution in [-0.4, -0.2) is 49.7 Å². The van der Waals surface area contributed by atoms with Gasteiger partial charge in [0, 0.05) is 31.8 Å². The van der Waals surface area contributed by atoms with Gasteiger partial charge in [0.15, 0.2) is 0 Å². The monoisotopic (exact) mass is 289 g/mol. The number of aromatic nitrogens is 2. The Balaban J connectivity index is 2.14. The number of hydrogen-bond donors (Lipinski definition) is 2. The minimum Gasteiger partial charge on any atom is -0.399 e. The van der Waals surface area contributed by atoms with Gasteiger partial charge in [-0.1, -0.05) is 0 Å². The SMILES string of the molecule is COCCNC(=O)CN(C)c1ncnc2ccc(N)cc12. The Bertz CT molecular complexity index is 632. The Morgan fingerprint density at radius 3 is 3.00 bits per heavy atom. The zero-order chi connectivity index (χ0) is 15.2. The van der Waals surface area contributed by atoms with E-state index in [9.17, 15) is 4.79 Å². The lowest BCUT2D eigenvalue weighted by Gasteiger charge is -2.19. The van der Waals surface area contributed by atoms with Crippen LogP contribution in [0.5, 0.6) is 0 Å². The Morgan fingerprint density at radius 2 is 2.24 bits per heavy atom. The number of rotatable bonds is 6. The molecule has 0 spiro atoms. The maximum absolute atomic E-state index is 11.8. The van der Waals surface area contributed by atoms with Gasteiger partial charge in [-0.25, -0.2) is 9.97 Å². The van der Waals surface area contributed by atoms with E-state index in [-0.39, 0.29) is 12.5 Å². The van der Waals surface area contributed by atoms with Crippen LogP contribution < -0.4 is 16.0 Å². The quantitative estimate of drug-likeness (QED) is 0.591. The number of carbonyl (C=O) groups is 1. The normalized spacial score (nSPS) is 10.6. The highest BCUT2D eigenvalue weighted by Crippen LogP contribution is 2.23. The lowest BCUT2D eigenvalue weighted by molar-refractivity contribution is -0.119. The van der Waals surface area contributed by atoms with Crippen molar-refractivity contribution in [1.82, 2.24) is 15.3 Å². The molecular weight excluding hydrogens is 270 g/mol. The van der Waals surface area contributed by atoms with Crippen LogP contribution in [-0.2, 0) is 9.53 Å². The first-order chi connectivity index (χ1) is 10.1. The van der Waals surface area contributed by atoms with Crippen molar-refractivity contribution in [2.24, 2.45) is 0 Å². The molecule has 0 aliphatic rings. The van der Waals surface area contributed by atoms with E-state index >= 15 is 0 Å². The van der Waals surface area contributed by atoms with Gasteiger partial charge >= 0.3 is 0 Å². The number of anilines is 2. The Labute approximate surface area is 123 Å². The number of nitrogen functional groups attached to an aromatic ring is 1. The number of likely N-dealkylation sites (N-methyl/N-ethyl adjacent to an activating group) is 1. The molecule has 21 heavy (non-hydrogen) atoms. The lowest BCUT2D eigenvalue weighted by atomic mass is 10.2. The summed E-state index contributed by atoms with van der Waals surface area (Å²) in [5.41, 5.74) is 7.24. The molecule has 2 aromatic rings. The fraction of sp³-hybridized carbons (Fsp3) is 0.357. The van der Waals surface area contributed by atoms with Crippen LogP contribution in [0.1, 0.15) is 0 Å². The summed E-state index contributed by atoms with van der Waals surface area (Å²) in [6.45, 7) is 1.17. The van der Waals surface area contributed by atoms with Crippen molar-refractivity contribution in [3.63, 3.8) is 0 Å². The molecule has 7 heteroatoms. The number of nitrogens with one attached hydrogen (secondary N) is 1. The largest absolute Gasteiger partial charge is 0.399 e. The summed E-state index contributed by atoms with van der Waals surface area (Å²) in [4.78, 5) is 22.0. The highest BCUT2D eigenvalue weighted by Gasteiger charge is 2.12. The second kappa shape index (κ2) is 6.85. The number of carbonyl (C=O) groups excluding carboxylic acids is 1. The fourth-order valence-corrected chi connectivity index (χ4v) is 2.00. The van der Waals surface area contributed by atoms with E-state index in [4.69, 9.17) is 10.5 Å². The number of amides is 1. The zero-order valence-corrected chi connectivity index (χ0v) is 12.2. The number of hydrogen-bond acceptors (Lipinski definition) is 6. The third-order valence-electron chi connectivity index (χ3n) is 3.01. The highest BCUT2D eigenvalue weighted by molar-refractivity contribution is 5.93. The summed E-state index contributed by atoms with van der Waals surface area (Å²) >= 11 is 0. The van der Waals surface area contributed by atoms with Crippen molar-refractivity contribution in [1.29, 1.82) is 0 Å². The van der Waals surface area contributed by atoms with Gasteiger partial charge < -0.3 is 20.7 Å². The van der Waals surface area contributed by atoms with E-state index in [1.165, 1.54) is 6.33 Å². The third kappa shape index (κ3) is 3.79. The van der Waals surface area contributed by atoms with Gasteiger partial charge in [0.05, 0.1) is 18.7 Å². The minimum atomic E-state index is -0.0924. The lowest BCUT2D eigenvalue weighted by Crippen LogP contribution is -2.37. The number of nitrogens with two attached hydrogens (primary N) is 1. The van der Waals surface area contributed by atoms with Gasteiger partial charge in [-0.05, 0) is 18.2 Å². The molecule has 0 saturated carbocycles. The summed E-state index contributed by atoms with van der Waals surface area (Å²) in [5, 5.41) is 3.59. The number of methoxy groups -OCH3 is 1. The van der Waals surface area contributed by atoms with Gasteiger partial charge in [0.25, 0.3) is 0 Å². The van der Waals surface area contributed by atoms with Gasteiger partial charge in [-0.2, -0.15) is 0 Å². The summed E-state index contributed by atoms with van der Waals surface area (Å²) in [5.74, 6) is 0.583. The molecule has 3 N–H and O–H groups in total. The van der Waals surface area contributed by atoms with E-state index in [1.807, 2.05) is 12.1 Å². The Hall–Kier alpha value is -2.41. The summed E-state index contributed by atoms with van der Waals surface area (Å²) in [7, 11) is 3.40. The van der Waals surface area contributed by atoms with Crippen LogP contribution in [0.4, 0.5) is 11.5 Å². The number of ether oxygens (including phenoxy) is 1. The predicted octanol–water partition coefficient (Wildman–Crippen LogP) is 0.411. The van der Waals surface area contributed by atoms with Crippen molar-refractivity contribution < 1.29 is 9.53 Å². The van der Waals surface area contributed by atoms with Crippen molar-refractivity contribution in [3.05, 3.63) is 24.5 Å². The Kier molecular flexibility index (Phi) is 4.89. The molecular formula is C14H19N5O2. The summed E-state index contributed by atoms with van der Waals surface area (Å²) < 4.78 is 4.89. The molecule has 1 heterocycles. The van der Waals surface area contributed by atoms with Crippen molar-refractivity contribution >= 4 is 28.3 Å². The van der Waals surface area contributed by atoms with Crippen LogP contribution in [0.15, 0.2) is 24.5 Å². The maximum atomic E-state index is 11.8. The van der Waals surface area contributed by atoms with Crippen LogP contribution in [0.2, 0.25) is 0 Å². The van der Waals surface area contributed by atoms with E-state index in [0.29, 0.717) is 24.7 Å². The summed E-state index contributed by atoms with van der Waals surface area (Å²) in [6, 6.07) is 5.43. The van der Waals surface area contributed by atoms with E-state index in [1.54, 1.807) is 25.1 Å². The average molecular weight is 289 g/mol. The first kappa shape index (κ1) is 15.0. The molecule has 2 rings (SSSR count). The van der Waals surface area contributed by atoms with E-state index in [2.05, 4.69) is 15.3 Å². The smallest absolute Gasteiger partial charge is 0.239 e. The van der Waals surface area contributed by atoms with Gasteiger partial charge in [0.1, 0.15) is 12.1 Å². The molecule has 112 valence electrons. The maximum Gasteiger partial charge on any atom is 0.239 e.